The molecule has 0 aromatic carbocycles. The van der Waals surface area contributed by atoms with Gasteiger partial charge in [0.1, 0.15) is 11.7 Å². The molecule has 1 amide bonds. The van der Waals surface area contributed by atoms with Crippen molar-refractivity contribution in [2.45, 2.75) is 31.7 Å². The summed E-state index contributed by atoms with van der Waals surface area (Å²) < 4.78 is 32.0. The second-order valence-corrected chi connectivity index (χ2v) is 6.75. The maximum absolute atomic E-state index is 13.0. The van der Waals surface area contributed by atoms with Crippen molar-refractivity contribution in [3.05, 3.63) is 29.8 Å². The molecule has 0 aliphatic carbocycles. The van der Waals surface area contributed by atoms with Crippen LogP contribution in [0.25, 0.3) is 0 Å². The minimum atomic E-state index is -4.02. The number of nitrogens with zero attached hydrogens (tertiary/aromatic N) is 3. The molecule has 3 heterocycles. The first-order chi connectivity index (χ1) is 10.3. The van der Waals surface area contributed by atoms with E-state index in [0.717, 1.165) is 4.31 Å². The van der Waals surface area contributed by atoms with Crippen LogP contribution in [0.4, 0.5) is 11.5 Å². The molecule has 2 aromatic heterocycles. The third kappa shape index (κ3) is 1.97. The molecule has 22 heavy (non-hydrogen) atoms. The van der Waals surface area contributed by atoms with E-state index in [0.29, 0.717) is 5.69 Å². The highest BCUT2D eigenvalue weighted by Gasteiger charge is 2.41. The van der Waals surface area contributed by atoms with Gasteiger partial charge < -0.3 is 9.84 Å². The second kappa shape index (κ2) is 4.80. The SMILES string of the molecule is Cc1noc(C)c1S(=O)(=O)N1c2ncccc2NC(=O)[C@H]1C. The Morgan fingerprint density at radius 1 is 1.36 bits per heavy atom. The van der Waals surface area contributed by atoms with Crippen molar-refractivity contribution >= 4 is 27.4 Å². The molecule has 0 fully saturated rings. The summed E-state index contributed by atoms with van der Waals surface area (Å²) in [4.78, 5) is 16.1. The molecule has 2 aromatic rings. The first-order valence-corrected chi connectivity index (χ1v) is 8.01. The monoisotopic (exact) mass is 322 g/mol. The minimum absolute atomic E-state index is 0.0364. The fraction of sp³-hybridized carbons (Fsp3) is 0.308. The number of hydrogen-bond acceptors (Lipinski definition) is 6. The third-order valence-corrected chi connectivity index (χ3v) is 5.58. The number of aromatic nitrogens is 2. The standard InChI is InChI=1S/C13H14N4O4S/c1-7-11(9(3)21-16-7)22(19,20)17-8(2)13(18)15-10-5-4-6-14-12(10)17/h4-6,8H,1-3H3,(H,15,18)/t8-/m1/s1. The summed E-state index contributed by atoms with van der Waals surface area (Å²) in [6, 6.07) is 2.29. The fourth-order valence-corrected chi connectivity index (χ4v) is 4.35. The van der Waals surface area contributed by atoms with Crippen LogP contribution in [0.15, 0.2) is 27.7 Å². The van der Waals surface area contributed by atoms with Gasteiger partial charge in [-0.2, -0.15) is 0 Å². The van der Waals surface area contributed by atoms with E-state index in [2.05, 4.69) is 15.5 Å². The Hall–Kier alpha value is -2.42. The lowest BCUT2D eigenvalue weighted by Crippen LogP contribution is -2.49. The number of carbonyl (C=O) groups is 1. The molecule has 1 atom stereocenters. The van der Waals surface area contributed by atoms with Crippen molar-refractivity contribution in [2.24, 2.45) is 0 Å². The molecule has 1 aliphatic heterocycles. The van der Waals surface area contributed by atoms with Crippen molar-refractivity contribution in [2.75, 3.05) is 9.62 Å². The number of sulfonamides is 1. The van der Waals surface area contributed by atoms with Gasteiger partial charge in [-0.3, -0.25) is 4.79 Å². The number of anilines is 2. The molecule has 0 spiro atoms. The van der Waals surface area contributed by atoms with Gasteiger partial charge in [0.15, 0.2) is 16.5 Å². The summed E-state index contributed by atoms with van der Waals surface area (Å²) in [5, 5.41) is 6.32. The Bertz CT molecular complexity index is 839. The molecule has 9 heteroatoms. The summed E-state index contributed by atoms with van der Waals surface area (Å²) in [5.41, 5.74) is 0.592. The van der Waals surface area contributed by atoms with E-state index in [1.807, 2.05) is 0 Å². The van der Waals surface area contributed by atoms with Crippen molar-refractivity contribution in [1.82, 2.24) is 10.1 Å². The maximum atomic E-state index is 13.0. The van der Waals surface area contributed by atoms with Crippen LogP contribution in [-0.2, 0) is 14.8 Å². The molecule has 1 N–H and O–H groups in total. The Balaban J connectivity index is 2.24. The smallest absolute Gasteiger partial charge is 0.271 e. The van der Waals surface area contributed by atoms with Crippen LogP contribution >= 0.6 is 0 Å². The molecule has 0 saturated carbocycles. The molecular weight excluding hydrogens is 308 g/mol. The summed E-state index contributed by atoms with van der Waals surface area (Å²) in [7, 11) is -4.02. The van der Waals surface area contributed by atoms with Crippen LogP contribution in [0, 0.1) is 13.8 Å². The first kappa shape index (κ1) is 14.5. The molecule has 3 rings (SSSR count). The Morgan fingerprint density at radius 2 is 2.09 bits per heavy atom. The van der Waals surface area contributed by atoms with Crippen molar-refractivity contribution in [3.8, 4) is 0 Å². The summed E-state index contributed by atoms with van der Waals surface area (Å²) >= 11 is 0. The number of fused-ring (bicyclic) bond motifs is 1. The van der Waals surface area contributed by atoms with Gasteiger partial charge in [-0.1, -0.05) is 5.16 Å². The Kier molecular flexibility index (Phi) is 3.17. The molecule has 0 unspecified atom stereocenters. The summed E-state index contributed by atoms with van der Waals surface area (Å²) in [6.45, 7) is 4.56. The van der Waals surface area contributed by atoms with Gasteiger partial charge in [0.25, 0.3) is 10.0 Å². The lowest BCUT2D eigenvalue weighted by Gasteiger charge is -2.33. The van der Waals surface area contributed by atoms with Crippen LogP contribution in [0.5, 0.6) is 0 Å². The molecule has 0 bridgehead atoms. The fourth-order valence-electron chi connectivity index (χ4n) is 2.46. The van der Waals surface area contributed by atoms with Gasteiger partial charge >= 0.3 is 0 Å². The molecule has 116 valence electrons. The van der Waals surface area contributed by atoms with Crippen LogP contribution in [0.3, 0.4) is 0 Å². The molecule has 8 nitrogen and oxygen atoms in total. The number of pyridine rings is 1. The van der Waals surface area contributed by atoms with Crippen LogP contribution in [-0.4, -0.2) is 30.5 Å². The maximum Gasteiger partial charge on any atom is 0.271 e. The first-order valence-electron chi connectivity index (χ1n) is 6.57. The van der Waals surface area contributed by atoms with Gasteiger partial charge in [0.05, 0.1) is 5.69 Å². The molecule has 0 saturated heterocycles. The van der Waals surface area contributed by atoms with E-state index < -0.39 is 22.0 Å². The highest BCUT2D eigenvalue weighted by atomic mass is 32.2. The van der Waals surface area contributed by atoms with E-state index in [4.69, 9.17) is 4.52 Å². The van der Waals surface area contributed by atoms with E-state index >= 15 is 0 Å². The van der Waals surface area contributed by atoms with Crippen molar-refractivity contribution in [3.63, 3.8) is 0 Å². The van der Waals surface area contributed by atoms with Crippen LogP contribution in [0.1, 0.15) is 18.4 Å². The summed E-state index contributed by atoms with van der Waals surface area (Å²) in [5.74, 6) is -0.0707. The van der Waals surface area contributed by atoms with Gasteiger partial charge in [-0.15, -0.1) is 0 Å². The molecule has 0 radical (unpaired) electrons. The van der Waals surface area contributed by atoms with Crippen molar-refractivity contribution in [1.29, 1.82) is 0 Å². The number of rotatable bonds is 2. The lowest BCUT2D eigenvalue weighted by atomic mass is 10.2. The predicted molar refractivity (Wildman–Crippen MR) is 78.0 cm³/mol. The van der Waals surface area contributed by atoms with Gasteiger partial charge in [-0.25, -0.2) is 17.7 Å². The van der Waals surface area contributed by atoms with Crippen molar-refractivity contribution < 1.29 is 17.7 Å². The molecule has 1 aliphatic rings. The lowest BCUT2D eigenvalue weighted by molar-refractivity contribution is -0.117. The topological polar surface area (TPSA) is 105 Å². The van der Waals surface area contributed by atoms with Crippen LogP contribution in [0.2, 0.25) is 0 Å². The quantitative estimate of drug-likeness (QED) is 0.891. The number of aryl methyl sites for hydroxylation is 2. The van der Waals surface area contributed by atoms with E-state index in [9.17, 15) is 13.2 Å². The Labute approximate surface area is 127 Å². The minimum Gasteiger partial charge on any atom is -0.360 e. The highest BCUT2D eigenvalue weighted by Crippen LogP contribution is 2.35. The van der Waals surface area contributed by atoms with Gasteiger partial charge in [0.2, 0.25) is 5.91 Å². The van der Waals surface area contributed by atoms with E-state index in [-0.39, 0.29) is 22.2 Å². The van der Waals surface area contributed by atoms with Gasteiger partial charge in [-0.05, 0) is 32.9 Å². The normalized spacial score (nSPS) is 18.0. The average molecular weight is 322 g/mol. The third-order valence-electron chi connectivity index (χ3n) is 3.47. The number of hydrogen-bond donors (Lipinski definition) is 1. The number of carbonyl (C=O) groups excluding carboxylic acids is 1. The zero-order chi connectivity index (χ0) is 16.1. The zero-order valence-electron chi connectivity index (χ0n) is 12.2. The highest BCUT2D eigenvalue weighted by molar-refractivity contribution is 7.93. The van der Waals surface area contributed by atoms with E-state index in [1.165, 1.54) is 27.0 Å². The number of nitrogens with one attached hydrogen (secondary N) is 1. The Morgan fingerprint density at radius 3 is 2.73 bits per heavy atom. The van der Waals surface area contributed by atoms with E-state index in [1.54, 1.807) is 12.1 Å². The average Bonchev–Trinajstić information content (AvgIpc) is 2.79. The number of amides is 1. The van der Waals surface area contributed by atoms with Crippen LogP contribution < -0.4 is 9.62 Å². The second-order valence-electron chi connectivity index (χ2n) is 4.99. The predicted octanol–water partition coefficient (Wildman–Crippen LogP) is 1.22. The summed E-state index contributed by atoms with van der Waals surface area (Å²) in [6.07, 6.45) is 1.47. The zero-order valence-corrected chi connectivity index (χ0v) is 13.0. The van der Waals surface area contributed by atoms with Gasteiger partial charge in [0, 0.05) is 6.20 Å². The largest absolute Gasteiger partial charge is 0.360 e. The molecular formula is C13H14N4O4S.